The fourth-order valence-corrected chi connectivity index (χ4v) is 3.01. The summed E-state index contributed by atoms with van der Waals surface area (Å²) < 4.78 is 0. The summed E-state index contributed by atoms with van der Waals surface area (Å²) in [7, 11) is 1.91. The molecule has 0 bridgehead atoms. The zero-order chi connectivity index (χ0) is 19.5. The summed E-state index contributed by atoms with van der Waals surface area (Å²) in [4.78, 5) is 30.7. The summed E-state index contributed by atoms with van der Waals surface area (Å²) in [5.74, 6) is -0.472. The third kappa shape index (κ3) is 3.50. The van der Waals surface area contributed by atoms with Crippen molar-refractivity contribution in [1.29, 1.82) is 0 Å². The lowest BCUT2D eigenvalue weighted by molar-refractivity contribution is 0.0697. The van der Waals surface area contributed by atoms with Gasteiger partial charge in [0.15, 0.2) is 0 Å². The Kier molecular flexibility index (Phi) is 4.63. The van der Waals surface area contributed by atoms with Crippen LogP contribution in [0.1, 0.15) is 15.9 Å². The number of fused-ring (bicyclic) bond motifs is 1. The molecule has 4 rings (SSSR count). The summed E-state index contributed by atoms with van der Waals surface area (Å²) >= 11 is 0. The zero-order valence-corrected chi connectivity index (χ0v) is 15.1. The summed E-state index contributed by atoms with van der Waals surface area (Å²) in [5, 5.41) is 10.3. The number of pyridine rings is 2. The molecule has 0 radical (unpaired) electrons. The molecule has 7 nitrogen and oxygen atoms in total. The van der Waals surface area contributed by atoms with Crippen LogP contribution >= 0.6 is 0 Å². The minimum Gasteiger partial charge on any atom is -0.478 e. The van der Waals surface area contributed by atoms with E-state index in [0.717, 1.165) is 16.5 Å². The van der Waals surface area contributed by atoms with Gasteiger partial charge in [-0.2, -0.15) is 0 Å². The van der Waals surface area contributed by atoms with Crippen molar-refractivity contribution in [2.24, 2.45) is 0 Å². The van der Waals surface area contributed by atoms with Crippen molar-refractivity contribution in [3.05, 3.63) is 78.2 Å². The molecule has 28 heavy (non-hydrogen) atoms. The molecule has 138 valence electrons. The largest absolute Gasteiger partial charge is 0.478 e. The molecule has 7 heteroatoms. The van der Waals surface area contributed by atoms with Crippen LogP contribution in [0.5, 0.6) is 0 Å². The van der Waals surface area contributed by atoms with Crippen LogP contribution in [-0.4, -0.2) is 38.1 Å². The highest BCUT2D eigenvalue weighted by Gasteiger charge is 2.12. The van der Waals surface area contributed by atoms with Gasteiger partial charge < -0.3 is 10.0 Å². The van der Waals surface area contributed by atoms with Crippen molar-refractivity contribution in [2.75, 3.05) is 11.9 Å². The van der Waals surface area contributed by atoms with E-state index in [1.165, 1.54) is 18.3 Å². The van der Waals surface area contributed by atoms with Gasteiger partial charge in [0.2, 0.25) is 5.95 Å². The van der Waals surface area contributed by atoms with Crippen molar-refractivity contribution in [3.8, 4) is 11.4 Å². The molecule has 0 aliphatic carbocycles. The second kappa shape index (κ2) is 7.40. The fourth-order valence-electron chi connectivity index (χ4n) is 3.01. The van der Waals surface area contributed by atoms with Crippen LogP contribution in [0, 0.1) is 0 Å². The molecule has 3 aromatic heterocycles. The summed E-state index contributed by atoms with van der Waals surface area (Å²) in [6.07, 6.45) is 4.89. The van der Waals surface area contributed by atoms with Crippen molar-refractivity contribution in [2.45, 2.75) is 6.54 Å². The maximum Gasteiger partial charge on any atom is 0.335 e. The van der Waals surface area contributed by atoms with Crippen LogP contribution in [0.25, 0.3) is 22.3 Å². The van der Waals surface area contributed by atoms with E-state index >= 15 is 0 Å². The molecule has 0 spiro atoms. The number of nitrogens with zero attached hydrogens (tertiary/aromatic N) is 5. The zero-order valence-electron chi connectivity index (χ0n) is 15.1. The summed E-state index contributed by atoms with van der Waals surface area (Å²) in [5.41, 5.74) is 3.29. The number of anilines is 1. The maximum atomic E-state index is 11.2. The third-order valence-electron chi connectivity index (χ3n) is 4.40. The van der Waals surface area contributed by atoms with Crippen molar-refractivity contribution in [1.82, 2.24) is 19.9 Å². The first-order chi connectivity index (χ1) is 13.6. The minimum absolute atomic E-state index is 0.168. The Hall–Kier alpha value is -3.87. The number of carboxylic acid groups (broad SMARTS) is 1. The number of rotatable bonds is 5. The van der Waals surface area contributed by atoms with Crippen LogP contribution in [0.4, 0.5) is 5.95 Å². The van der Waals surface area contributed by atoms with Crippen LogP contribution in [0.15, 0.2) is 67.1 Å². The van der Waals surface area contributed by atoms with Crippen LogP contribution in [0.2, 0.25) is 0 Å². The van der Waals surface area contributed by atoms with E-state index in [1.54, 1.807) is 18.5 Å². The molecule has 0 saturated heterocycles. The van der Waals surface area contributed by atoms with E-state index in [1.807, 2.05) is 36.2 Å². The van der Waals surface area contributed by atoms with Gasteiger partial charge in [-0.05, 0) is 35.9 Å². The first-order valence-corrected chi connectivity index (χ1v) is 8.68. The van der Waals surface area contributed by atoms with Gasteiger partial charge in [0.1, 0.15) is 0 Å². The number of aromatic nitrogens is 4. The maximum absolute atomic E-state index is 11.2. The lowest BCUT2D eigenvalue weighted by Crippen LogP contribution is -2.19. The smallest absolute Gasteiger partial charge is 0.335 e. The molecule has 0 amide bonds. The molecule has 0 aliphatic heterocycles. The third-order valence-corrected chi connectivity index (χ3v) is 4.40. The van der Waals surface area contributed by atoms with Gasteiger partial charge in [0.25, 0.3) is 0 Å². The van der Waals surface area contributed by atoms with E-state index in [2.05, 4.69) is 26.0 Å². The number of hydrogen-bond donors (Lipinski definition) is 1. The van der Waals surface area contributed by atoms with Gasteiger partial charge in [-0.3, -0.25) is 9.97 Å². The van der Waals surface area contributed by atoms with E-state index in [9.17, 15) is 9.90 Å². The van der Waals surface area contributed by atoms with Crippen molar-refractivity contribution < 1.29 is 9.90 Å². The molecule has 0 aliphatic rings. The van der Waals surface area contributed by atoms with Crippen LogP contribution in [-0.2, 0) is 6.54 Å². The Morgan fingerprint density at radius 3 is 2.68 bits per heavy atom. The first kappa shape index (κ1) is 17.5. The fraction of sp³-hybridized carbons (Fsp3) is 0.0952. The second-order valence-corrected chi connectivity index (χ2v) is 6.32. The molecule has 0 saturated carbocycles. The normalized spacial score (nSPS) is 10.8. The number of hydrogen-bond acceptors (Lipinski definition) is 6. The van der Waals surface area contributed by atoms with Gasteiger partial charge in [0.05, 0.1) is 22.5 Å². The predicted octanol–water partition coefficient (Wildman–Crippen LogP) is 3.42. The monoisotopic (exact) mass is 371 g/mol. The molecule has 4 aromatic rings. The average Bonchev–Trinajstić information content (AvgIpc) is 2.74. The number of aromatic carboxylic acids is 1. The van der Waals surface area contributed by atoms with Gasteiger partial charge >= 0.3 is 5.97 Å². The molecule has 0 atom stereocenters. The van der Waals surface area contributed by atoms with E-state index in [0.29, 0.717) is 23.9 Å². The van der Waals surface area contributed by atoms with Gasteiger partial charge in [0, 0.05) is 37.6 Å². The number of benzene rings is 1. The van der Waals surface area contributed by atoms with Gasteiger partial charge in [-0.15, -0.1) is 0 Å². The van der Waals surface area contributed by atoms with E-state index < -0.39 is 5.97 Å². The Bertz CT molecular complexity index is 1160. The first-order valence-electron chi connectivity index (χ1n) is 8.68. The highest BCUT2D eigenvalue weighted by molar-refractivity contribution is 5.88. The quantitative estimate of drug-likeness (QED) is 0.574. The van der Waals surface area contributed by atoms with Crippen molar-refractivity contribution >= 4 is 22.8 Å². The topological polar surface area (TPSA) is 92.1 Å². The van der Waals surface area contributed by atoms with Gasteiger partial charge in [-0.1, -0.05) is 18.2 Å². The van der Waals surface area contributed by atoms with E-state index in [-0.39, 0.29) is 5.56 Å². The molecule has 1 N–H and O–H groups in total. The Morgan fingerprint density at radius 2 is 1.82 bits per heavy atom. The predicted molar refractivity (Wildman–Crippen MR) is 106 cm³/mol. The Labute approximate surface area is 161 Å². The highest BCUT2D eigenvalue weighted by atomic mass is 16.4. The standard InChI is InChI=1S/C21H17N5O2/c1-26(13-15-4-2-6-17-16(15)5-3-9-22-17)21-24-11-8-18(25-21)19-12-14(20(27)28)7-10-23-19/h2-12H,13H2,1H3,(H,27,28). The lowest BCUT2D eigenvalue weighted by atomic mass is 10.1. The highest BCUT2D eigenvalue weighted by Crippen LogP contribution is 2.21. The Balaban J connectivity index is 1.64. The van der Waals surface area contributed by atoms with Crippen molar-refractivity contribution in [3.63, 3.8) is 0 Å². The average molecular weight is 371 g/mol. The Morgan fingerprint density at radius 1 is 0.964 bits per heavy atom. The van der Waals surface area contributed by atoms with Gasteiger partial charge in [-0.25, -0.2) is 14.8 Å². The van der Waals surface area contributed by atoms with Crippen LogP contribution in [0.3, 0.4) is 0 Å². The van der Waals surface area contributed by atoms with E-state index in [4.69, 9.17) is 0 Å². The molecular weight excluding hydrogens is 354 g/mol. The summed E-state index contributed by atoms with van der Waals surface area (Å²) in [6, 6.07) is 14.7. The molecule has 3 heterocycles. The second-order valence-electron chi connectivity index (χ2n) is 6.32. The molecule has 0 fully saturated rings. The lowest BCUT2D eigenvalue weighted by Gasteiger charge is -2.18. The summed E-state index contributed by atoms with van der Waals surface area (Å²) in [6.45, 7) is 0.606. The SMILES string of the molecule is CN(Cc1cccc2ncccc12)c1nccc(-c2cc(C(=O)O)ccn2)n1. The molecule has 1 aromatic carbocycles. The van der Waals surface area contributed by atoms with Crippen LogP contribution < -0.4 is 4.90 Å². The minimum atomic E-state index is -1.00. The number of carboxylic acids is 1. The molecular formula is C21H17N5O2. The molecule has 0 unspecified atom stereocenters. The number of carbonyl (C=O) groups is 1.